The van der Waals surface area contributed by atoms with Gasteiger partial charge in [-0.25, -0.2) is 4.39 Å². The zero-order valence-corrected chi connectivity index (χ0v) is 20.1. The molecule has 188 valence electrons. The number of hydrogen-bond donors (Lipinski definition) is 2. The molecule has 1 unspecified atom stereocenters. The van der Waals surface area contributed by atoms with Gasteiger partial charge < -0.3 is 19.7 Å². The minimum atomic E-state index is -0.715. The molecule has 0 amide bonds. The lowest BCUT2D eigenvalue weighted by Crippen LogP contribution is -2.26. The summed E-state index contributed by atoms with van der Waals surface area (Å²) in [6, 6.07) is 16.8. The van der Waals surface area contributed by atoms with Crippen molar-refractivity contribution in [1.29, 1.82) is 0 Å². The number of alkyl halides is 1. The van der Waals surface area contributed by atoms with Crippen LogP contribution in [0.2, 0.25) is 0 Å². The van der Waals surface area contributed by atoms with Crippen molar-refractivity contribution in [2.24, 2.45) is 5.92 Å². The van der Waals surface area contributed by atoms with Crippen LogP contribution in [0.5, 0.6) is 23.0 Å². The van der Waals surface area contributed by atoms with Gasteiger partial charge in [0, 0.05) is 30.1 Å². The average molecular weight is 494 g/mol. The van der Waals surface area contributed by atoms with Crippen molar-refractivity contribution < 1.29 is 28.5 Å². The van der Waals surface area contributed by atoms with E-state index in [1.807, 2.05) is 31.2 Å². The third kappa shape index (κ3) is 4.88. The molecule has 0 aromatic heterocycles. The van der Waals surface area contributed by atoms with E-state index in [0.29, 0.717) is 17.9 Å². The van der Waals surface area contributed by atoms with Crippen molar-refractivity contribution in [3.63, 3.8) is 0 Å². The van der Waals surface area contributed by atoms with Gasteiger partial charge >= 0.3 is 0 Å². The van der Waals surface area contributed by atoms with Crippen LogP contribution in [0.4, 0.5) is 8.78 Å². The summed E-state index contributed by atoms with van der Waals surface area (Å²) in [6.45, 7) is 4.61. The Labute approximate surface area is 209 Å². The highest BCUT2D eigenvalue weighted by atomic mass is 19.1. The lowest BCUT2D eigenvalue weighted by Gasteiger charge is -2.31. The third-order valence-corrected chi connectivity index (χ3v) is 6.98. The Balaban J connectivity index is 1.38. The van der Waals surface area contributed by atoms with E-state index in [9.17, 15) is 19.0 Å². The third-order valence-electron chi connectivity index (χ3n) is 6.98. The molecule has 36 heavy (non-hydrogen) atoms. The van der Waals surface area contributed by atoms with Crippen LogP contribution in [0, 0.1) is 11.7 Å². The number of ether oxygens (including phenoxy) is 2. The number of hydrogen-bond acceptors (Lipinski definition) is 5. The number of allylic oxidation sites excluding steroid dienone is 1. The monoisotopic (exact) mass is 493 g/mol. The minimum Gasteiger partial charge on any atom is -0.508 e. The lowest BCUT2D eigenvalue weighted by molar-refractivity contribution is 0.228. The van der Waals surface area contributed by atoms with Crippen LogP contribution in [0.25, 0.3) is 11.1 Å². The van der Waals surface area contributed by atoms with E-state index in [0.717, 1.165) is 54.1 Å². The molecule has 0 spiro atoms. The quantitative estimate of drug-likeness (QED) is 0.425. The standard InChI is InChI=1S/C29H29F2NO4/c1-18-24-15-22(33)5-9-27(24)36-29(28(18)21-4-8-26(34)25(31)14-21)20-2-6-23(7-3-20)35-13-12-32-11-10-19(16-30)17-32/h2-9,14-15,19,29,33-34H,10-13,16-17H2,1H3/t19-,29?/m0/s1. The molecule has 5 nitrogen and oxygen atoms in total. The van der Waals surface area contributed by atoms with Crippen molar-refractivity contribution >= 4 is 11.1 Å². The summed E-state index contributed by atoms with van der Waals surface area (Å²) in [6.07, 6.45) is 0.373. The highest BCUT2D eigenvalue weighted by Gasteiger charge is 2.30. The summed E-state index contributed by atoms with van der Waals surface area (Å²) in [5.74, 6) is 0.463. The summed E-state index contributed by atoms with van der Waals surface area (Å²) in [7, 11) is 0. The van der Waals surface area contributed by atoms with E-state index in [1.165, 1.54) is 12.1 Å². The van der Waals surface area contributed by atoms with Gasteiger partial charge in [0.25, 0.3) is 0 Å². The van der Waals surface area contributed by atoms with Gasteiger partial charge in [0.1, 0.15) is 30.0 Å². The van der Waals surface area contributed by atoms with Crippen molar-refractivity contribution in [2.45, 2.75) is 19.4 Å². The van der Waals surface area contributed by atoms with Crippen molar-refractivity contribution in [3.05, 3.63) is 83.2 Å². The number of phenolic OH excluding ortho intramolecular Hbond substituents is 2. The fourth-order valence-electron chi connectivity index (χ4n) is 4.99. The Morgan fingerprint density at radius 1 is 1.06 bits per heavy atom. The van der Waals surface area contributed by atoms with E-state index >= 15 is 0 Å². The second kappa shape index (κ2) is 10.2. The molecule has 7 heteroatoms. The topological polar surface area (TPSA) is 62.2 Å². The molecule has 1 saturated heterocycles. The molecular formula is C29H29F2NO4. The number of halogens is 2. The van der Waals surface area contributed by atoms with Crippen LogP contribution in [0.1, 0.15) is 36.1 Å². The number of nitrogens with zero attached hydrogens (tertiary/aromatic N) is 1. The number of rotatable bonds is 7. The fourth-order valence-corrected chi connectivity index (χ4v) is 4.99. The largest absolute Gasteiger partial charge is 0.508 e. The maximum absolute atomic E-state index is 14.3. The van der Waals surface area contributed by atoms with Gasteiger partial charge in [-0.15, -0.1) is 0 Å². The zero-order chi connectivity index (χ0) is 25.2. The van der Waals surface area contributed by atoms with Crippen molar-refractivity contribution in [3.8, 4) is 23.0 Å². The predicted octanol–water partition coefficient (Wildman–Crippen LogP) is 5.97. The van der Waals surface area contributed by atoms with Gasteiger partial charge in [0.05, 0.1) is 6.67 Å². The highest BCUT2D eigenvalue weighted by Crippen LogP contribution is 2.47. The smallest absolute Gasteiger partial charge is 0.165 e. The number of phenols is 2. The Morgan fingerprint density at radius 3 is 2.58 bits per heavy atom. The molecule has 3 aromatic carbocycles. The molecule has 0 saturated carbocycles. The molecule has 2 atom stereocenters. The van der Waals surface area contributed by atoms with Crippen LogP contribution < -0.4 is 9.47 Å². The van der Waals surface area contributed by atoms with Crippen LogP contribution in [0.15, 0.2) is 60.7 Å². The molecule has 0 bridgehead atoms. The summed E-state index contributed by atoms with van der Waals surface area (Å²) in [5, 5.41) is 19.7. The first-order valence-electron chi connectivity index (χ1n) is 12.1. The molecular weight excluding hydrogens is 464 g/mol. The summed E-state index contributed by atoms with van der Waals surface area (Å²) >= 11 is 0. The first kappa shape index (κ1) is 24.1. The molecule has 2 heterocycles. The Kier molecular flexibility index (Phi) is 6.83. The molecule has 0 radical (unpaired) electrons. The van der Waals surface area contributed by atoms with E-state index < -0.39 is 17.7 Å². The number of aromatic hydroxyl groups is 2. The normalized spacial score (nSPS) is 19.8. The molecule has 2 aliphatic rings. The van der Waals surface area contributed by atoms with Gasteiger partial charge in [-0.3, -0.25) is 9.29 Å². The Hall–Kier alpha value is -3.58. The molecule has 1 fully saturated rings. The lowest BCUT2D eigenvalue weighted by atomic mass is 9.86. The van der Waals surface area contributed by atoms with Crippen molar-refractivity contribution in [1.82, 2.24) is 4.90 Å². The highest BCUT2D eigenvalue weighted by molar-refractivity contribution is 5.95. The van der Waals surface area contributed by atoms with Gasteiger partial charge in [-0.2, -0.15) is 0 Å². The first-order valence-corrected chi connectivity index (χ1v) is 12.1. The molecule has 0 aliphatic carbocycles. The van der Waals surface area contributed by atoms with Crippen LogP contribution in [-0.2, 0) is 0 Å². The van der Waals surface area contributed by atoms with Gasteiger partial charge in [-0.1, -0.05) is 18.2 Å². The predicted molar refractivity (Wildman–Crippen MR) is 134 cm³/mol. The van der Waals surface area contributed by atoms with Gasteiger partial charge in [-0.05, 0) is 79.1 Å². The fraction of sp³-hybridized carbons (Fsp3) is 0.310. The van der Waals surface area contributed by atoms with E-state index in [4.69, 9.17) is 9.47 Å². The van der Waals surface area contributed by atoms with Crippen LogP contribution >= 0.6 is 0 Å². The number of fused-ring (bicyclic) bond motifs is 1. The van der Waals surface area contributed by atoms with Crippen LogP contribution in [-0.4, -0.2) is 48.0 Å². The van der Waals surface area contributed by atoms with Crippen LogP contribution in [0.3, 0.4) is 0 Å². The molecule has 2 aliphatic heterocycles. The molecule has 3 aromatic rings. The maximum atomic E-state index is 14.3. The molecule has 5 rings (SSSR count). The number of benzene rings is 3. The summed E-state index contributed by atoms with van der Waals surface area (Å²) < 4.78 is 39.4. The van der Waals surface area contributed by atoms with Gasteiger partial charge in [0.2, 0.25) is 0 Å². The van der Waals surface area contributed by atoms with Gasteiger partial charge in [0.15, 0.2) is 11.6 Å². The first-order chi connectivity index (χ1) is 17.4. The maximum Gasteiger partial charge on any atom is 0.165 e. The second-order valence-electron chi connectivity index (χ2n) is 9.41. The van der Waals surface area contributed by atoms with E-state index in [2.05, 4.69) is 4.90 Å². The average Bonchev–Trinajstić information content (AvgIpc) is 3.35. The SMILES string of the molecule is CC1=C(c2ccc(O)c(F)c2)C(c2ccc(OCCN3CC[C@@H](CF)C3)cc2)Oc2ccc(O)cc21. The summed E-state index contributed by atoms with van der Waals surface area (Å²) in [4.78, 5) is 2.22. The van der Waals surface area contributed by atoms with Crippen molar-refractivity contribution in [2.75, 3.05) is 32.9 Å². The zero-order valence-electron chi connectivity index (χ0n) is 20.1. The minimum absolute atomic E-state index is 0.113. The second-order valence-corrected chi connectivity index (χ2v) is 9.41. The van der Waals surface area contributed by atoms with E-state index in [1.54, 1.807) is 24.3 Å². The number of likely N-dealkylation sites (tertiary alicyclic amines) is 1. The Bertz CT molecular complexity index is 1270. The Morgan fingerprint density at radius 2 is 1.86 bits per heavy atom. The van der Waals surface area contributed by atoms with E-state index in [-0.39, 0.29) is 18.3 Å². The summed E-state index contributed by atoms with van der Waals surface area (Å²) in [5.41, 5.74) is 3.76. The molecule has 2 N–H and O–H groups in total.